The number of nitrogens with zero attached hydrogens (tertiary/aromatic N) is 3. The van der Waals surface area contributed by atoms with Crippen LogP contribution in [0.4, 0.5) is 5.82 Å². The standard InChI is InChI=1S/C11H18N4O2S/c1-7-9(10(12)18)11(14(2)13-7)15-3-4-17-8(5-15)6-16/h8,16H,3-6H2,1-2H3,(H2,12,18). The fourth-order valence-corrected chi connectivity index (χ4v) is 2.56. The summed E-state index contributed by atoms with van der Waals surface area (Å²) < 4.78 is 7.22. The maximum Gasteiger partial charge on any atom is 0.137 e. The van der Waals surface area contributed by atoms with Crippen molar-refractivity contribution in [1.82, 2.24) is 9.78 Å². The molecule has 0 amide bonds. The van der Waals surface area contributed by atoms with Crippen LogP contribution in [0.1, 0.15) is 11.3 Å². The summed E-state index contributed by atoms with van der Waals surface area (Å²) >= 11 is 5.09. The summed E-state index contributed by atoms with van der Waals surface area (Å²) in [4.78, 5) is 2.46. The van der Waals surface area contributed by atoms with Crippen LogP contribution in [0.3, 0.4) is 0 Å². The van der Waals surface area contributed by atoms with E-state index in [2.05, 4.69) is 10.00 Å². The molecule has 6 nitrogen and oxygen atoms in total. The van der Waals surface area contributed by atoms with Crippen LogP contribution in [-0.2, 0) is 11.8 Å². The molecule has 0 aromatic carbocycles. The summed E-state index contributed by atoms with van der Waals surface area (Å²) in [6, 6.07) is 0. The molecule has 2 heterocycles. The predicted octanol–water partition coefficient (Wildman–Crippen LogP) is -0.440. The van der Waals surface area contributed by atoms with Crippen molar-refractivity contribution >= 4 is 23.0 Å². The fourth-order valence-electron chi connectivity index (χ4n) is 2.32. The van der Waals surface area contributed by atoms with Gasteiger partial charge in [0.25, 0.3) is 0 Å². The molecule has 0 saturated carbocycles. The zero-order valence-corrected chi connectivity index (χ0v) is 11.4. The number of aromatic nitrogens is 2. The molecule has 1 aromatic rings. The molecular formula is C11H18N4O2S. The monoisotopic (exact) mass is 270 g/mol. The first-order valence-corrected chi connectivity index (χ1v) is 6.26. The lowest BCUT2D eigenvalue weighted by atomic mass is 10.2. The molecule has 0 spiro atoms. The number of hydrogen-bond acceptors (Lipinski definition) is 5. The molecule has 18 heavy (non-hydrogen) atoms. The van der Waals surface area contributed by atoms with Crippen molar-refractivity contribution in [1.29, 1.82) is 0 Å². The number of thiocarbonyl (C=S) groups is 1. The van der Waals surface area contributed by atoms with Gasteiger partial charge in [0.15, 0.2) is 0 Å². The smallest absolute Gasteiger partial charge is 0.137 e. The van der Waals surface area contributed by atoms with Gasteiger partial charge in [0.05, 0.1) is 30.6 Å². The van der Waals surface area contributed by atoms with E-state index in [0.29, 0.717) is 18.1 Å². The van der Waals surface area contributed by atoms with E-state index in [9.17, 15) is 5.11 Å². The molecule has 1 aromatic heterocycles. The average molecular weight is 270 g/mol. The lowest BCUT2D eigenvalue weighted by molar-refractivity contribution is 0.00318. The molecular weight excluding hydrogens is 252 g/mol. The van der Waals surface area contributed by atoms with E-state index < -0.39 is 0 Å². The summed E-state index contributed by atoms with van der Waals surface area (Å²) in [7, 11) is 1.87. The molecule has 2 rings (SSSR count). The van der Waals surface area contributed by atoms with Gasteiger partial charge in [-0.15, -0.1) is 0 Å². The minimum atomic E-state index is -0.173. The summed E-state index contributed by atoms with van der Waals surface area (Å²) in [5.41, 5.74) is 7.41. The first kappa shape index (κ1) is 13.3. The highest BCUT2D eigenvalue weighted by Gasteiger charge is 2.26. The van der Waals surface area contributed by atoms with Crippen LogP contribution < -0.4 is 10.6 Å². The molecule has 3 N–H and O–H groups in total. The van der Waals surface area contributed by atoms with Gasteiger partial charge in [0.2, 0.25) is 0 Å². The topological polar surface area (TPSA) is 76.5 Å². The van der Waals surface area contributed by atoms with Crippen LogP contribution in [0.15, 0.2) is 0 Å². The number of aryl methyl sites for hydroxylation is 2. The third kappa shape index (κ3) is 2.33. The summed E-state index contributed by atoms with van der Waals surface area (Å²) in [5, 5.41) is 13.5. The zero-order valence-electron chi connectivity index (χ0n) is 10.6. The Kier molecular flexibility index (Phi) is 3.84. The van der Waals surface area contributed by atoms with Crippen LogP contribution in [0.5, 0.6) is 0 Å². The summed E-state index contributed by atoms with van der Waals surface area (Å²) in [6.45, 7) is 3.83. The van der Waals surface area contributed by atoms with Crippen LogP contribution in [0, 0.1) is 6.92 Å². The Hall–Kier alpha value is -1.18. The molecule has 1 aliphatic rings. The maximum atomic E-state index is 9.18. The van der Waals surface area contributed by atoms with Gasteiger partial charge in [-0.05, 0) is 6.92 Å². The average Bonchev–Trinajstić information content (AvgIpc) is 2.64. The molecule has 7 heteroatoms. The first-order chi connectivity index (χ1) is 8.54. The molecule has 0 radical (unpaired) electrons. The van der Waals surface area contributed by atoms with Gasteiger partial charge in [0.1, 0.15) is 10.8 Å². The van der Waals surface area contributed by atoms with Gasteiger partial charge in [-0.25, -0.2) is 0 Å². The molecule has 0 bridgehead atoms. The van der Waals surface area contributed by atoms with E-state index in [1.807, 2.05) is 14.0 Å². The van der Waals surface area contributed by atoms with Gasteiger partial charge in [0, 0.05) is 20.1 Å². The highest BCUT2D eigenvalue weighted by molar-refractivity contribution is 7.80. The highest BCUT2D eigenvalue weighted by Crippen LogP contribution is 2.24. The van der Waals surface area contributed by atoms with Crippen molar-refractivity contribution in [3.63, 3.8) is 0 Å². The van der Waals surface area contributed by atoms with Crippen LogP contribution in [0.25, 0.3) is 0 Å². The molecule has 1 aliphatic heterocycles. The van der Waals surface area contributed by atoms with Crippen LogP contribution in [-0.4, -0.2) is 52.3 Å². The van der Waals surface area contributed by atoms with E-state index in [1.54, 1.807) is 4.68 Å². The van der Waals surface area contributed by atoms with Gasteiger partial charge in [-0.2, -0.15) is 5.10 Å². The van der Waals surface area contributed by atoms with E-state index in [4.69, 9.17) is 22.7 Å². The molecule has 1 unspecified atom stereocenters. The lowest BCUT2D eigenvalue weighted by Gasteiger charge is -2.34. The molecule has 100 valence electrons. The Morgan fingerprint density at radius 1 is 1.67 bits per heavy atom. The largest absolute Gasteiger partial charge is 0.394 e. The Bertz CT molecular complexity index is 460. The number of anilines is 1. The predicted molar refractivity (Wildman–Crippen MR) is 72.9 cm³/mol. The van der Waals surface area contributed by atoms with Crippen LogP contribution >= 0.6 is 12.2 Å². The zero-order chi connectivity index (χ0) is 13.3. The Morgan fingerprint density at radius 2 is 2.39 bits per heavy atom. The normalized spacial score (nSPS) is 20.2. The van der Waals surface area contributed by atoms with E-state index in [0.717, 1.165) is 23.6 Å². The Labute approximate surface area is 111 Å². The number of aliphatic hydroxyl groups excluding tert-OH is 1. The van der Waals surface area contributed by atoms with Gasteiger partial charge in [-0.1, -0.05) is 12.2 Å². The van der Waals surface area contributed by atoms with Gasteiger partial charge < -0.3 is 20.5 Å². The third-order valence-corrected chi connectivity index (χ3v) is 3.28. The first-order valence-electron chi connectivity index (χ1n) is 5.85. The number of hydrogen-bond donors (Lipinski definition) is 2. The van der Waals surface area contributed by atoms with Crippen LogP contribution in [0.2, 0.25) is 0 Å². The number of aliphatic hydroxyl groups is 1. The fraction of sp³-hybridized carbons (Fsp3) is 0.636. The van der Waals surface area contributed by atoms with E-state index in [-0.39, 0.29) is 12.7 Å². The summed E-state index contributed by atoms with van der Waals surface area (Å²) in [6.07, 6.45) is -0.173. The van der Waals surface area contributed by atoms with Crippen molar-refractivity contribution in [3.05, 3.63) is 11.3 Å². The van der Waals surface area contributed by atoms with Crippen molar-refractivity contribution in [2.75, 3.05) is 31.2 Å². The minimum Gasteiger partial charge on any atom is -0.394 e. The SMILES string of the molecule is Cc1nn(C)c(N2CCOC(CO)C2)c1C(N)=S. The second-order valence-corrected chi connectivity index (χ2v) is 4.83. The second kappa shape index (κ2) is 5.21. The number of ether oxygens (including phenoxy) is 1. The number of rotatable bonds is 3. The molecule has 1 atom stereocenters. The highest BCUT2D eigenvalue weighted by atomic mass is 32.1. The van der Waals surface area contributed by atoms with E-state index >= 15 is 0 Å². The molecule has 0 aliphatic carbocycles. The third-order valence-electron chi connectivity index (χ3n) is 3.08. The van der Waals surface area contributed by atoms with Crippen molar-refractivity contribution in [2.24, 2.45) is 12.8 Å². The quantitative estimate of drug-likeness (QED) is 0.725. The lowest BCUT2D eigenvalue weighted by Crippen LogP contribution is -2.45. The number of morpholine rings is 1. The summed E-state index contributed by atoms with van der Waals surface area (Å²) in [5.74, 6) is 0.904. The van der Waals surface area contributed by atoms with Crippen molar-refractivity contribution in [3.8, 4) is 0 Å². The maximum absolute atomic E-state index is 9.18. The number of nitrogens with two attached hydrogens (primary N) is 1. The van der Waals surface area contributed by atoms with Crippen molar-refractivity contribution < 1.29 is 9.84 Å². The Balaban J connectivity index is 2.35. The van der Waals surface area contributed by atoms with Crippen molar-refractivity contribution in [2.45, 2.75) is 13.0 Å². The van der Waals surface area contributed by atoms with Gasteiger partial charge >= 0.3 is 0 Å². The molecule has 1 fully saturated rings. The van der Waals surface area contributed by atoms with Gasteiger partial charge in [-0.3, -0.25) is 4.68 Å². The minimum absolute atomic E-state index is 0.00966. The molecule has 1 saturated heterocycles. The Morgan fingerprint density at radius 3 is 3.00 bits per heavy atom. The van der Waals surface area contributed by atoms with E-state index in [1.165, 1.54) is 0 Å². The second-order valence-electron chi connectivity index (χ2n) is 4.39.